The molecule has 0 atom stereocenters. The Bertz CT molecular complexity index is 240. The van der Waals surface area contributed by atoms with Gasteiger partial charge < -0.3 is 16.0 Å². The zero-order valence-electron chi connectivity index (χ0n) is 13.1. The third kappa shape index (κ3) is 4.87. The topological polar surface area (TPSA) is 41.3 Å². The lowest BCUT2D eigenvalue weighted by Gasteiger charge is -2.41. The van der Waals surface area contributed by atoms with Gasteiger partial charge in [-0.3, -0.25) is 0 Å². The summed E-state index contributed by atoms with van der Waals surface area (Å²) in [5.74, 6) is 0.842. The second kappa shape index (κ2) is 6.36. The molecule has 0 spiro atoms. The van der Waals surface area contributed by atoms with Crippen LogP contribution >= 0.6 is 0 Å². The van der Waals surface area contributed by atoms with Crippen molar-refractivity contribution >= 4 is 0 Å². The van der Waals surface area contributed by atoms with Crippen LogP contribution in [-0.2, 0) is 0 Å². The summed E-state index contributed by atoms with van der Waals surface area (Å²) in [5.41, 5.74) is 6.21. The van der Waals surface area contributed by atoms with Crippen LogP contribution in [0.4, 0.5) is 0 Å². The summed E-state index contributed by atoms with van der Waals surface area (Å²) in [6, 6.07) is 0. The highest BCUT2D eigenvalue weighted by Gasteiger charge is 2.32. The maximum Gasteiger partial charge on any atom is 0.0137 e. The minimum atomic E-state index is 0.164. The fourth-order valence-electron chi connectivity index (χ4n) is 2.85. The van der Waals surface area contributed by atoms with E-state index >= 15 is 0 Å². The average molecular weight is 255 g/mol. The van der Waals surface area contributed by atoms with E-state index in [2.05, 4.69) is 45.0 Å². The maximum atomic E-state index is 5.67. The fourth-order valence-corrected chi connectivity index (χ4v) is 2.85. The van der Waals surface area contributed by atoms with Crippen LogP contribution in [-0.4, -0.2) is 43.7 Å². The molecule has 0 saturated carbocycles. The van der Waals surface area contributed by atoms with E-state index in [0.29, 0.717) is 5.41 Å². The van der Waals surface area contributed by atoms with Crippen molar-refractivity contribution in [2.24, 2.45) is 17.1 Å². The Morgan fingerprint density at radius 2 is 1.72 bits per heavy atom. The summed E-state index contributed by atoms with van der Waals surface area (Å²) < 4.78 is 0. The van der Waals surface area contributed by atoms with Gasteiger partial charge in [-0.2, -0.15) is 0 Å². The van der Waals surface area contributed by atoms with Crippen LogP contribution < -0.4 is 11.1 Å². The third-order valence-corrected chi connectivity index (χ3v) is 4.62. The van der Waals surface area contributed by atoms with E-state index in [1.165, 1.54) is 25.9 Å². The minimum absolute atomic E-state index is 0.164. The number of piperidine rings is 1. The molecule has 1 fully saturated rings. The fraction of sp³-hybridized carbons (Fsp3) is 1.00. The van der Waals surface area contributed by atoms with E-state index in [-0.39, 0.29) is 5.54 Å². The van der Waals surface area contributed by atoms with E-state index in [1.807, 2.05) is 0 Å². The van der Waals surface area contributed by atoms with Crippen molar-refractivity contribution in [1.82, 2.24) is 10.2 Å². The Kier molecular flexibility index (Phi) is 5.63. The second-order valence-corrected chi connectivity index (χ2v) is 7.34. The number of hydrogen-bond acceptors (Lipinski definition) is 3. The smallest absolute Gasteiger partial charge is 0.0137 e. The van der Waals surface area contributed by atoms with Crippen molar-refractivity contribution in [2.75, 3.05) is 33.2 Å². The zero-order chi connectivity index (χ0) is 13.8. The number of likely N-dealkylation sites (tertiary alicyclic amines) is 1. The summed E-state index contributed by atoms with van der Waals surface area (Å²) in [6.45, 7) is 13.7. The number of nitrogens with one attached hydrogen (secondary N) is 1. The normalized spacial score (nSPS) is 20.3. The number of nitrogens with two attached hydrogens (primary N) is 1. The van der Waals surface area contributed by atoms with Crippen molar-refractivity contribution in [2.45, 2.75) is 52.5 Å². The monoisotopic (exact) mass is 255 g/mol. The first-order valence-corrected chi connectivity index (χ1v) is 7.40. The second-order valence-electron chi connectivity index (χ2n) is 7.34. The molecule has 0 aliphatic carbocycles. The van der Waals surface area contributed by atoms with Crippen LogP contribution in [0.5, 0.6) is 0 Å². The van der Waals surface area contributed by atoms with Gasteiger partial charge in [0.05, 0.1) is 0 Å². The molecule has 1 rings (SSSR count). The standard InChI is InChI=1S/C15H33N3/c1-14(2,12-17-15(3,4)8-9-16)13-6-10-18(5)11-7-13/h13,17H,6-12,16H2,1-5H3. The van der Waals surface area contributed by atoms with Gasteiger partial charge >= 0.3 is 0 Å². The number of rotatable bonds is 6. The lowest BCUT2D eigenvalue weighted by Crippen LogP contribution is -2.48. The Morgan fingerprint density at radius 3 is 2.22 bits per heavy atom. The third-order valence-electron chi connectivity index (χ3n) is 4.62. The van der Waals surface area contributed by atoms with Crippen LogP contribution in [0.3, 0.4) is 0 Å². The molecule has 108 valence electrons. The highest BCUT2D eigenvalue weighted by atomic mass is 15.1. The zero-order valence-corrected chi connectivity index (χ0v) is 13.1. The van der Waals surface area contributed by atoms with Gasteiger partial charge in [-0.25, -0.2) is 0 Å². The molecular formula is C15H33N3. The first-order valence-electron chi connectivity index (χ1n) is 7.40. The van der Waals surface area contributed by atoms with Crippen molar-refractivity contribution in [1.29, 1.82) is 0 Å². The van der Waals surface area contributed by atoms with Crippen molar-refractivity contribution < 1.29 is 0 Å². The molecule has 0 unspecified atom stereocenters. The van der Waals surface area contributed by atoms with Crippen molar-refractivity contribution in [3.63, 3.8) is 0 Å². The van der Waals surface area contributed by atoms with Crippen LogP contribution in [0, 0.1) is 11.3 Å². The molecular weight excluding hydrogens is 222 g/mol. The molecule has 1 aliphatic rings. The van der Waals surface area contributed by atoms with Crippen LogP contribution in [0.15, 0.2) is 0 Å². The predicted octanol–water partition coefficient (Wildman–Crippen LogP) is 2.07. The Labute approximate surface area is 113 Å². The molecule has 0 bridgehead atoms. The van der Waals surface area contributed by atoms with E-state index in [1.54, 1.807) is 0 Å². The summed E-state index contributed by atoms with van der Waals surface area (Å²) >= 11 is 0. The van der Waals surface area contributed by atoms with Gasteiger partial charge in [0.2, 0.25) is 0 Å². The maximum absolute atomic E-state index is 5.67. The molecule has 0 aromatic heterocycles. The Morgan fingerprint density at radius 1 is 1.17 bits per heavy atom. The largest absolute Gasteiger partial charge is 0.330 e. The highest BCUT2D eigenvalue weighted by molar-refractivity contribution is 4.88. The molecule has 18 heavy (non-hydrogen) atoms. The molecule has 3 heteroatoms. The van der Waals surface area contributed by atoms with Gasteiger partial charge in [-0.15, -0.1) is 0 Å². The summed E-state index contributed by atoms with van der Waals surface area (Å²) in [4.78, 5) is 2.44. The quantitative estimate of drug-likeness (QED) is 0.763. The van der Waals surface area contributed by atoms with Gasteiger partial charge in [-0.05, 0) is 71.1 Å². The molecule has 0 amide bonds. The van der Waals surface area contributed by atoms with Crippen molar-refractivity contribution in [3.8, 4) is 0 Å². The van der Waals surface area contributed by atoms with E-state index in [9.17, 15) is 0 Å². The van der Waals surface area contributed by atoms with Gasteiger partial charge in [0.25, 0.3) is 0 Å². The lowest BCUT2D eigenvalue weighted by atomic mass is 9.73. The molecule has 3 nitrogen and oxygen atoms in total. The molecule has 1 heterocycles. The predicted molar refractivity (Wildman–Crippen MR) is 79.8 cm³/mol. The average Bonchev–Trinajstić information content (AvgIpc) is 2.27. The highest BCUT2D eigenvalue weighted by Crippen LogP contribution is 2.34. The SMILES string of the molecule is CN1CCC(C(C)(C)CNC(C)(C)CCN)CC1. The van der Waals surface area contributed by atoms with Crippen LogP contribution in [0.25, 0.3) is 0 Å². The molecule has 3 N–H and O–H groups in total. The lowest BCUT2D eigenvalue weighted by molar-refractivity contribution is 0.105. The molecule has 0 radical (unpaired) electrons. The number of nitrogens with zero attached hydrogens (tertiary/aromatic N) is 1. The molecule has 0 aromatic carbocycles. The molecule has 1 aliphatic heterocycles. The van der Waals surface area contributed by atoms with E-state index in [0.717, 1.165) is 25.4 Å². The summed E-state index contributed by atoms with van der Waals surface area (Å²) in [7, 11) is 2.23. The summed E-state index contributed by atoms with van der Waals surface area (Å²) in [6.07, 6.45) is 3.71. The Hall–Kier alpha value is -0.120. The van der Waals surface area contributed by atoms with Gasteiger partial charge in [0, 0.05) is 12.1 Å². The first-order chi connectivity index (χ1) is 8.27. The van der Waals surface area contributed by atoms with Crippen molar-refractivity contribution in [3.05, 3.63) is 0 Å². The molecule has 1 saturated heterocycles. The number of hydrogen-bond donors (Lipinski definition) is 2. The molecule has 0 aromatic rings. The van der Waals surface area contributed by atoms with Gasteiger partial charge in [0.15, 0.2) is 0 Å². The first kappa shape index (κ1) is 15.9. The summed E-state index contributed by atoms with van der Waals surface area (Å²) in [5, 5.41) is 3.72. The van der Waals surface area contributed by atoms with Gasteiger partial charge in [0.1, 0.15) is 0 Å². The van der Waals surface area contributed by atoms with Crippen LogP contribution in [0.2, 0.25) is 0 Å². The van der Waals surface area contributed by atoms with E-state index in [4.69, 9.17) is 5.73 Å². The van der Waals surface area contributed by atoms with E-state index < -0.39 is 0 Å². The minimum Gasteiger partial charge on any atom is -0.330 e. The van der Waals surface area contributed by atoms with Crippen LogP contribution in [0.1, 0.15) is 47.0 Å². The van der Waals surface area contributed by atoms with Gasteiger partial charge in [-0.1, -0.05) is 13.8 Å². The Balaban J connectivity index is 2.44.